The van der Waals surface area contributed by atoms with Gasteiger partial charge in [-0.15, -0.1) is 0 Å². The summed E-state index contributed by atoms with van der Waals surface area (Å²) in [7, 11) is 1.74. The molecule has 1 aliphatic rings. The average Bonchev–Trinajstić information content (AvgIpc) is 2.25. The molecular formula is C13H20ClNO2. The molecular weight excluding hydrogens is 238 g/mol. The number of phenols is 1. The molecule has 2 unspecified atom stereocenters. The van der Waals surface area contributed by atoms with Crippen LogP contribution >= 0.6 is 0 Å². The first kappa shape index (κ1) is 14.3. The molecule has 0 fully saturated rings. The third-order valence-corrected chi connectivity index (χ3v) is 3.89. The normalized spacial score (nSPS) is 25.9. The van der Waals surface area contributed by atoms with Crippen LogP contribution in [0.25, 0.3) is 0 Å². The summed E-state index contributed by atoms with van der Waals surface area (Å²) in [6.07, 6.45) is 1.04. The summed E-state index contributed by atoms with van der Waals surface area (Å²) in [5.74, 6) is 0.329. The second kappa shape index (κ2) is 4.84. The van der Waals surface area contributed by atoms with E-state index in [9.17, 15) is 5.11 Å². The first-order valence-electron chi connectivity index (χ1n) is 5.65. The molecule has 1 aromatic carbocycles. The van der Waals surface area contributed by atoms with E-state index in [1.165, 1.54) is 11.1 Å². The third kappa shape index (κ3) is 2.28. The molecule has 3 nitrogen and oxygen atoms in total. The van der Waals surface area contributed by atoms with E-state index in [2.05, 4.69) is 19.6 Å². The Labute approximate surface area is 108 Å². The molecule has 0 saturated heterocycles. The predicted octanol–water partition coefficient (Wildman–Crippen LogP) is -2.14. The Morgan fingerprint density at radius 3 is 2.65 bits per heavy atom. The number of rotatable bonds is 1. The van der Waals surface area contributed by atoms with Crippen molar-refractivity contribution in [3.8, 4) is 5.75 Å². The first-order chi connectivity index (χ1) is 7.46. The van der Waals surface area contributed by atoms with Crippen molar-refractivity contribution in [3.05, 3.63) is 29.3 Å². The predicted molar refractivity (Wildman–Crippen MR) is 62.3 cm³/mol. The average molecular weight is 258 g/mol. The van der Waals surface area contributed by atoms with Gasteiger partial charge >= 0.3 is 0 Å². The van der Waals surface area contributed by atoms with Crippen molar-refractivity contribution in [1.82, 2.24) is 0 Å². The summed E-state index contributed by atoms with van der Waals surface area (Å²) < 4.78 is 5.50. The van der Waals surface area contributed by atoms with Crippen LogP contribution < -0.4 is 18.1 Å². The minimum absolute atomic E-state index is 0. The number of benzene rings is 1. The first-order valence-corrected chi connectivity index (χ1v) is 5.65. The highest BCUT2D eigenvalue weighted by Gasteiger charge is 2.43. The highest BCUT2D eigenvalue weighted by Crippen LogP contribution is 2.37. The Bertz CT molecular complexity index is 406. The Kier molecular flexibility index (Phi) is 4.07. The molecule has 0 bridgehead atoms. The maximum absolute atomic E-state index is 9.58. The molecule has 2 atom stereocenters. The zero-order chi connectivity index (χ0) is 11.9. The molecule has 4 N–H and O–H groups in total. The van der Waals surface area contributed by atoms with Crippen LogP contribution in [0.5, 0.6) is 5.75 Å². The fourth-order valence-electron chi connectivity index (χ4n) is 2.61. The summed E-state index contributed by atoms with van der Waals surface area (Å²) in [6.45, 7) is 4.32. The number of hydrogen-bond donors (Lipinski definition) is 2. The number of fused-ring (bicyclic) bond motifs is 1. The van der Waals surface area contributed by atoms with Gasteiger partial charge in [-0.25, -0.2) is 0 Å². The van der Waals surface area contributed by atoms with Crippen molar-refractivity contribution in [2.24, 2.45) is 0 Å². The van der Waals surface area contributed by atoms with Crippen LogP contribution in [-0.2, 0) is 16.6 Å². The molecule has 0 aromatic heterocycles. The van der Waals surface area contributed by atoms with Gasteiger partial charge in [-0.3, -0.25) is 0 Å². The van der Waals surface area contributed by atoms with Gasteiger partial charge < -0.3 is 28.0 Å². The fourth-order valence-corrected chi connectivity index (χ4v) is 2.61. The van der Waals surface area contributed by atoms with E-state index in [0.717, 1.165) is 6.42 Å². The SMILES string of the molecule is COC1Cc2ccc(O)cc2C(C)(C)C1[NH3+].[Cl-]. The number of hydrogen-bond acceptors (Lipinski definition) is 2. The van der Waals surface area contributed by atoms with Gasteiger partial charge in [0.2, 0.25) is 0 Å². The van der Waals surface area contributed by atoms with Gasteiger partial charge in [0, 0.05) is 18.9 Å². The zero-order valence-corrected chi connectivity index (χ0v) is 11.3. The fraction of sp³-hybridized carbons (Fsp3) is 0.538. The Balaban J connectivity index is 0.00000144. The lowest BCUT2D eigenvalue weighted by atomic mass is 9.68. The van der Waals surface area contributed by atoms with E-state index < -0.39 is 0 Å². The van der Waals surface area contributed by atoms with Crippen LogP contribution in [0, 0.1) is 0 Å². The lowest BCUT2D eigenvalue weighted by molar-refractivity contribution is -0.455. The minimum atomic E-state index is -0.0625. The number of aromatic hydroxyl groups is 1. The van der Waals surface area contributed by atoms with E-state index in [0.29, 0.717) is 5.75 Å². The monoisotopic (exact) mass is 257 g/mol. The lowest BCUT2D eigenvalue weighted by Gasteiger charge is -2.40. The van der Waals surface area contributed by atoms with Crippen molar-refractivity contribution < 1.29 is 28.0 Å². The van der Waals surface area contributed by atoms with Gasteiger partial charge in [-0.1, -0.05) is 6.07 Å². The van der Waals surface area contributed by atoms with Gasteiger partial charge in [-0.2, -0.15) is 0 Å². The molecule has 0 heterocycles. The molecule has 1 aliphatic carbocycles. The summed E-state index contributed by atoms with van der Waals surface area (Å²) in [6, 6.07) is 5.79. The second-order valence-corrected chi connectivity index (χ2v) is 5.15. The highest BCUT2D eigenvalue weighted by molar-refractivity contribution is 5.43. The number of halogens is 1. The number of quaternary nitrogens is 1. The van der Waals surface area contributed by atoms with E-state index >= 15 is 0 Å². The van der Waals surface area contributed by atoms with Gasteiger partial charge in [-0.05, 0) is 37.1 Å². The number of ether oxygens (including phenoxy) is 1. The quantitative estimate of drug-likeness (QED) is 0.603. The molecule has 0 aliphatic heterocycles. The van der Waals surface area contributed by atoms with Gasteiger partial charge in [0.05, 0.1) is 0 Å². The van der Waals surface area contributed by atoms with Crippen molar-refractivity contribution in [2.45, 2.75) is 37.8 Å². The van der Waals surface area contributed by atoms with E-state index in [1.54, 1.807) is 13.2 Å². The topological polar surface area (TPSA) is 57.1 Å². The summed E-state index contributed by atoms with van der Waals surface area (Å²) >= 11 is 0. The lowest BCUT2D eigenvalue weighted by Crippen LogP contribution is -3.00. The summed E-state index contributed by atoms with van der Waals surface area (Å²) in [4.78, 5) is 0. The van der Waals surface area contributed by atoms with Crippen molar-refractivity contribution in [1.29, 1.82) is 0 Å². The van der Waals surface area contributed by atoms with Gasteiger partial charge in [0.15, 0.2) is 0 Å². The minimum Gasteiger partial charge on any atom is -1.00 e. The maximum atomic E-state index is 9.58. The molecule has 17 heavy (non-hydrogen) atoms. The molecule has 96 valence electrons. The molecule has 4 heteroatoms. The van der Waals surface area contributed by atoms with Crippen LogP contribution in [-0.4, -0.2) is 24.4 Å². The standard InChI is InChI=1S/C13H19NO2.ClH/c1-13(2)10-7-9(15)5-4-8(10)6-11(16-3)12(13)14;/h4-5,7,11-12,15H,6,14H2,1-3H3;1H. The molecule has 2 rings (SSSR count). The van der Waals surface area contributed by atoms with Gasteiger partial charge in [0.25, 0.3) is 0 Å². The second-order valence-electron chi connectivity index (χ2n) is 5.15. The molecule has 0 radical (unpaired) electrons. The van der Waals surface area contributed by atoms with Crippen molar-refractivity contribution in [2.75, 3.05) is 7.11 Å². The van der Waals surface area contributed by atoms with Crippen molar-refractivity contribution >= 4 is 0 Å². The molecule has 0 spiro atoms. The highest BCUT2D eigenvalue weighted by atomic mass is 35.5. The van der Waals surface area contributed by atoms with Crippen LogP contribution in [0.4, 0.5) is 0 Å². The number of phenolic OH excluding ortho intramolecular Hbond substituents is 1. The van der Waals surface area contributed by atoms with Crippen LogP contribution in [0.1, 0.15) is 25.0 Å². The van der Waals surface area contributed by atoms with E-state index in [-0.39, 0.29) is 30.0 Å². The van der Waals surface area contributed by atoms with E-state index in [1.807, 2.05) is 12.1 Å². The zero-order valence-electron chi connectivity index (χ0n) is 10.5. The van der Waals surface area contributed by atoms with Gasteiger partial charge in [0.1, 0.15) is 17.9 Å². The van der Waals surface area contributed by atoms with Crippen LogP contribution in [0.2, 0.25) is 0 Å². The van der Waals surface area contributed by atoms with Crippen LogP contribution in [0.15, 0.2) is 18.2 Å². The summed E-state index contributed by atoms with van der Waals surface area (Å²) in [5, 5.41) is 9.58. The van der Waals surface area contributed by atoms with Crippen molar-refractivity contribution in [3.63, 3.8) is 0 Å². The summed E-state index contributed by atoms with van der Waals surface area (Å²) in [5.41, 5.74) is 6.62. The molecule has 1 aromatic rings. The number of methoxy groups -OCH3 is 1. The largest absolute Gasteiger partial charge is 1.00 e. The van der Waals surface area contributed by atoms with E-state index in [4.69, 9.17) is 4.74 Å². The Morgan fingerprint density at radius 2 is 2.06 bits per heavy atom. The third-order valence-electron chi connectivity index (χ3n) is 3.89. The Hall–Kier alpha value is -0.770. The maximum Gasteiger partial charge on any atom is 0.120 e. The molecule has 0 amide bonds. The molecule has 0 saturated carbocycles. The van der Waals surface area contributed by atoms with Crippen LogP contribution in [0.3, 0.4) is 0 Å². The smallest absolute Gasteiger partial charge is 0.120 e. The Morgan fingerprint density at radius 1 is 1.41 bits per heavy atom.